The van der Waals surface area contributed by atoms with Crippen LogP contribution >= 0.6 is 22.9 Å². The van der Waals surface area contributed by atoms with Gasteiger partial charge in [0.1, 0.15) is 16.6 Å². The van der Waals surface area contributed by atoms with Crippen molar-refractivity contribution >= 4 is 34.0 Å². The number of halogens is 2. The molecule has 0 atom stereocenters. The summed E-state index contributed by atoms with van der Waals surface area (Å²) in [5.74, 6) is 1.06. The van der Waals surface area contributed by atoms with Crippen LogP contribution in [0.3, 0.4) is 0 Å². The monoisotopic (exact) mass is 323 g/mol. The van der Waals surface area contributed by atoms with Crippen LogP contribution in [-0.4, -0.2) is 20.4 Å². The van der Waals surface area contributed by atoms with Crippen molar-refractivity contribution in [3.63, 3.8) is 0 Å². The molecule has 2 heterocycles. The second kappa shape index (κ2) is 5.39. The lowest BCUT2D eigenvalue weighted by molar-refractivity contribution is 0.431. The first-order valence-corrected chi connectivity index (χ1v) is 8.09. The van der Waals surface area contributed by atoms with E-state index in [1.165, 1.54) is 12.1 Å². The molecule has 0 saturated carbocycles. The Hall–Kier alpha value is -1.46. The van der Waals surface area contributed by atoms with Crippen molar-refractivity contribution in [3.8, 4) is 0 Å². The van der Waals surface area contributed by atoms with Gasteiger partial charge in [0.2, 0.25) is 0 Å². The van der Waals surface area contributed by atoms with Crippen molar-refractivity contribution in [3.05, 3.63) is 46.4 Å². The van der Waals surface area contributed by atoms with E-state index in [-0.39, 0.29) is 5.82 Å². The number of aryl methyl sites for hydroxylation is 1. The first-order chi connectivity index (χ1) is 10.0. The quantitative estimate of drug-likeness (QED) is 0.674. The maximum atomic E-state index is 13.7. The van der Waals surface area contributed by atoms with Crippen molar-refractivity contribution < 1.29 is 4.39 Å². The Balaban J connectivity index is 2.28. The Labute approximate surface area is 131 Å². The molecular weight excluding hydrogens is 309 g/mol. The summed E-state index contributed by atoms with van der Waals surface area (Å²) in [7, 11) is 0. The molecule has 0 unspecified atom stereocenters. The van der Waals surface area contributed by atoms with E-state index in [1.807, 2.05) is 9.95 Å². The van der Waals surface area contributed by atoms with Crippen LogP contribution in [0.25, 0.3) is 11.0 Å². The summed E-state index contributed by atoms with van der Waals surface area (Å²) >= 11 is 7.48. The van der Waals surface area contributed by atoms with Gasteiger partial charge in [-0.15, -0.1) is 22.9 Å². The highest BCUT2D eigenvalue weighted by Gasteiger charge is 2.30. The van der Waals surface area contributed by atoms with Crippen LogP contribution in [0.4, 0.5) is 4.39 Å². The van der Waals surface area contributed by atoms with Gasteiger partial charge in [0, 0.05) is 23.9 Å². The van der Waals surface area contributed by atoms with Crippen LogP contribution in [0.2, 0.25) is 0 Å². The first kappa shape index (κ1) is 14.5. The predicted octanol–water partition coefficient (Wildman–Crippen LogP) is 4.20. The molecule has 3 rings (SSSR count). The molecule has 0 saturated heterocycles. The van der Waals surface area contributed by atoms with Gasteiger partial charge in [0.15, 0.2) is 0 Å². The van der Waals surface area contributed by atoms with Crippen LogP contribution in [0.15, 0.2) is 29.8 Å². The number of fused-ring (bicyclic) bond motifs is 1. The molecule has 21 heavy (non-hydrogen) atoms. The maximum Gasteiger partial charge on any atom is 0.125 e. The highest BCUT2D eigenvalue weighted by molar-refractivity contribution is 7.09. The Bertz CT molecular complexity index is 765. The van der Waals surface area contributed by atoms with E-state index in [1.54, 1.807) is 23.6 Å². The molecule has 0 spiro atoms. The fraction of sp³-hybridized carbons (Fsp3) is 0.333. The Morgan fingerprint density at radius 2 is 2.19 bits per heavy atom. The minimum Gasteiger partial charge on any atom is -0.316 e. The van der Waals surface area contributed by atoms with Crippen LogP contribution in [-0.2, 0) is 12.0 Å². The number of nitrogens with zero attached hydrogens (tertiary/aromatic N) is 3. The Morgan fingerprint density at radius 3 is 2.86 bits per heavy atom. The molecule has 0 aliphatic carbocycles. The van der Waals surface area contributed by atoms with E-state index in [9.17, 15) is 4.39 Å². The highest BCUT2D eigenvalue weighted by atomic mass is 35.5. The average Bonchev–Trinajstić information content (AvgIpc) is 3.05. The molecule has 6 heteroatoms. The van der Waals surface area contributed by atoms with Gasteiger partial charge in [-0.25, -0.2) is 14.4 Å². The standard InChI is InChI=1S/C15H15ClFN3S/c1-15(2,14-18-7-8-21-14)20-12-9-10(17)3-4-11(12)19-13(20)5-6-16/h3-4,7-9H,5-6H2,1-2H3. The number of rotatable bonds is 4. The number of hydrogen-bond acceptors (Lipinski definition) is 3. The smallest absolute Gasteiger partial charge is 0.125 e. The summed E-state index contributed by atoms with van der Waals surface area (Å²) in [5, 5.41) is 2.90. The normalized spacial score (nSPS) is 12.2. The topological polar surface area (TPSA) is 30.7 Å². The van der Waals surface area contributed by atoms with Crippen molar-refractivity contribution in [2.75, 3.05) is 5.88 Å². The van der Waals surface area contributed by atoms with Crippen LogP contribution in [0.1, 0.15) is 24.7 Å². The number of imidazole rings is 1. The van der Waals surface area contributed by atoms with E-state index >= 15 is 0 Å². The first-order valence-electron chi connectivity index (χ1n) is 6.67. The molecule has 0 bridgehead atoms. The summed E-state index contributed by atoms with van der Waals surface area (Å²) in [4.78, 5) is 9.03. The van der Waals surface area contributed by atoms with Gasteiger partial charge < -0.3 is 4.57 Å². The molecule has 0 aliphatic heterocycles. The van der Waals surface area contributed by atoms with E-state index in [4.69, 9.17) is 11.6 Å². The van der Waals surface area contributed by atoms with Crippen molar-refractivity contribution in [2.45, 2.75) is 25.8 Å². The minimum absolute atomic E-state index is 0.268. The van der Waals surface area contributed by atoms with E-state index in [2.05, 4.69) is 23.8 Å². The molecule has 0 radical (unpaired) electrons. The molecule has 0 aliphatic rings. The van der Waals surface area contributed by atoms with Crippen molar-refractivity contribution in [2.24, 2.45) is 0 Å². The summed E-state index contributed by atoms with van der Waals surface area (Å²) < 4.78 is 15.7. The lowest BCUT2D eigenvalue weighted by Gasteiger charge is -2.27. The van der Waals surface area contributed by atoms with Crippen LogP contribution in [0, 0.1) is 5.82 Å². The minimum atomic E-state index is -0.405. The predicted molar refractivity (Wildman–Crippen MR) is 84.7 cm³/mol. The fourth-order valence-corrected chi connectivity index (χ4v) is 3.52. The van der Waals surface area contributed by atoms with Crippen molar-refractivity contribution in [1.82, 2.24) is 14.5 Å². The van der Waals surface area contributed by atoms with Gasteiger partial charge in [-0.3, -0.25) is 0 Å². The number of aromatic nitrogens is 3. The SMILES string of the molecule is CC(C)(c1nccs1)n1c(CCCl)nc2ccc(F)cc21. The van der Waals surface area contributed by atoms with Gasteiger partial charge >= 0.3 is 0 Å². The molecular formula is C15H15ClFN3S. The van der Waals surface area contributed by atoms with Gasteiger partial charge in [-0.2, -0.15) is 0 Å². The molecule has 0 N–H and O–H groups in total. The zero-order chi connectivity index (χ0) is 15.0. The number of alkyl halides is 1. The van der Waals surface area contributed by atoms with E-state index in [0.717, 1.165) is 21.9 Å². The van der Waals surface area contributed by atoms with E-state index < -0.39 is 5.54 Å². The highest BCUT2D eigenvalue weighted by Crippen LogP contribution is 2.33. The maximum absolute atomic E-state index is 13.7. The second-order valence-corrected chi connectivity index (χ2v) is 6.60. The number of benzene rings is 1. The zero-order valence-corrected chi connectivity index (χ0v) is 13.4. The van der Waals surface area contributed by atoms with Gasteiger partial charge in [-0.05, 0) is 32.0 Å². The average molecular weight is 324 g/mol. The molecule has 3 aromatic rings. The number of thiazole rings is 1. The Kier molecular flexibility index (Phi) is 3.71. The molecule has 3 nitrogen and oxygen atoms in total. The summed E-state index contributed by atoms with van der Waals surface area (Å²) in [5.41, 5.74) is 1.15. The largest absolute Gasteiger partial charge is 0.316 e. The lowest BCUT2D eigenvalue weighted by atomic mass is 10.1. The fourth-order valence-electron chi connectivity index (χ4n) is 2.60. The van der Waals surface area contributed by atoms with Gasteiger partial charge in [0.05, 0.1) is 16.6 Å². The molecule has 2 aromatic heterocycles. The van der Waals surface area contributed by atoms with Gasteiger partial charge in [0.25, 0.3) is 0 Å². The summed E-state index contributed by atoms with van der Waals surface area (Å²) in [6.07, 6.45) is 2.41. The third-order valence-corrected chi connectivity index (χ3v) is 4.79. The number of hydrogen-bond donors (Lipinski definition) is 0. The third-order valence-electron chi connectivity index (χ3n) is 3.52. The third kappa shape index (κ3) is 2.45. The van der Waals surface area contributed by atoms with Crippen LogP contribution in [0.5, 0.6) is 0 Å². The molecule has 0 amide bonds. The van der Waals surface area contributed by atoms with Gasteiger partial charge in [-0.1, -0.05) is 0 Å². The molecule has 110 valence electrons. The van der Waals surface area contributed by atoms with Crippen molar-refractivity contribution in [1.29, 1.82) is 0 Å². The van der Waals surface area contributed by atoms with E-state index in [0.29, 0.717) is 12.3 Å². The summed E-state index contributed by atoms with van der Waals surface area (Å²) in [6, 6.07) is 4.66. The summed E-state index contributed by atoms with van der Waals surface area (Å²) in [6.45, 7) is 4.13. The zero-order valence-electron chi connectivity index (χ0n) is 11.8. The molecule has 0 fully saturated rings. The lowest BCUT2D eigenvalue weighted by Crippen LogP contribution is -2.29. The second-order valence-electron chi connectivity index (χ2n) is 5.33. The van der Waals surface area contributed by atoms with Crippen LogP contribution < -0.4 is 0 Å². The Morgan fingerprint density at radius 1 is 1.38 bits per heavy atom. The molecule has 1 aromatic carbocycles.